The Morgan fingerprint density at radius 3 is 2.67 bits per heavy atom. The van der Waals surface area contributed by atoms with E-state index < -0.39 is 7.60 Å². The molecule has 0 bridgehead atoms. The van der Waals surface area contributed by atoms with E-state index in [2.05, 4.69) is 13.8 Å². The van der Waals surface area contributed by atoms with Gasteiger partial charge < -0.3 is 14.6 Å². The van der Waals surface area contributed by atoms with Crippen molar-refractivity contribution in [1.29, 1.82) is 0 Å². The van der Waals surface area contributed by atoms with Gasteiger partial charge in [-0.2, -0.15) is 0 Å². The van der Waals surface area contributed by atoms with Gasteiger partial charge in [0.2, 0.25) is 0 Å². The molecule has 52 valence electrons. The molecule has 0 spiro atoms. The fourth-order valence-corrected chi connectivity index (χ4v) is 0.449. The van der Waals surface area contributed by atoms with E-state index in [1.807, 2.05) is 0 Å². The zero-order valence-corrected chi connectivity index (χ0v) is 6.04. The third-order valence-electron chi connectivity index (χ3n) is 0.617. The second kappa shape index (κ2) is 3.41. The van der Waals surface area contributed by atoms with Gasteiger partial charge >= 0.3 is 14.0 Å². The smallest absolute Gasteiger partial charge is 0.363 e. The molecule has 0 aromatic rings. The number of nitrogens with zero attached hydrogens (tertiary/aromatic N) is 2. The summed E-state index contributed by atoms with van der Waals surface area (Å²) in [5.74, 6) is 0. The molecule has 0 N–H and O–H groups in total. The van der Waals surface area contributed by atoms with Crippen LogP contribution in [0, 0.1) is 0 Å². The van der Waals surface area contributed by atoms with Crippen LogP contribution in [0.5, 0.6) is 0 Å². The topological polar surface area (TPSA) is 71.9 Å². The summed E-state index contributed by atoms with van der Waals surface area (Å²) in [5, 5.41) is 0. The molecule has 5 nitrogen and oxygen atoms in total. The van der Waals surface area contributed by atoms with E-state index in [1.165, 1.54) is 13.8 Å². The Kier molecular flexibility index (Phi) is 3.17. The van der Waals surface area contributed by atoms with E-state index in [4.69, 9.17) is 5.53 Å². The van der Waals surface area contributed by atoms with E-state index in [9.17, 15) is 4.57 Å². The predicted octanol–water partition coefficient (Wildman–Crippen LogP) is 0.730. The van der Waals surface area contributed by atoms with Crippen molar-refractivity contribution in [1.82, 2.24) is 0 Å². The van der Waals surface area contributed by atoms with Crippen molar-refractivity contribution in [2.24, 2.45) is 0 Å². The first kappa shape index (κ1) is 8.37. The molecule has 9 heavy (non-hydrogen) atoms. The lowest BCUT2D eigenvalue weighted by atomic mass is 11.6. The SMILES string of the molecule is COP(C)(=O)OC=[N+]=[N-]. The molecule has 0 aliphatic rings. The maximum Gasteiger partial charge on any atom is 0.444 e. The predicted molar refractivity (Wildman–Crippen MR) is 31.3 cm³/mol. The van der Waals surface area contributed by atoms with Gasteiger partial charge in [0.25, 0.3) is 0 Å². The van der Waals surface area contributed by atoms with Crippen molar-refractivity contribution in [3.63, 3.8) is 0 Å². The number of rotatable bonds is 3. The van der Waals surface area contributed by atoms with Gasteiger partial charge in [-0.05, 0) is 0 Å². The van der Waals surface area contributed by atoms with Gasteiger partial charge in [-0.3, -0.25) is 0 Å². The van der Waals surface area contributed by atoms with Crippen LogP contribution < -0.4 is 0 Å². The minimum atomic E-state index is -3.00. The molecular formula is C3H7N2O3P. The standard InChI is InChI=1S/C3H7N2O3P/c1-7-9(2,6)8-3-5-4/h3H,1-2H3. The van der Waals surface area contributed by atoms with Crippen LogP contribution in [-0.2, 0) is 13.6 Å². The van der Waals surface area contributed by atoms with Gasteiger partial charge in [0.15, 0.2) is 0 Å². The second-order valence-electron chi connectivity index (χ2n) is 1.28. The number of hydrogen-bond acceptors (Lipinski definition) is 3. The fraction of sp³-hybridized carbons (Fsp3) is 0.667. The van der Waals surface area contributed by atoms with Crippen LogP contribution >= 0.6 is 7.60 Å². The maximum atomic E-state index is 10.7. The van der Waals surface area contributed by atoms with Gasteiger partial charge in [-0.15, -0.1) is 4.79 Å². The van der Waals surface area contributed by atoms with Gasteiger partial charge in [0.1, 0.15) is 0 Å². The van der Waals surface area contributed by atoms with Crippen LogP contribution in [0.15, 0.2) is 0 Å². The van der Waals surface area contributed by atoms with E-state index in [0.717, 1.165) is 0 Å². The Bertz CT molecular complexity index is 174. The second-order valence-corrected chi connectivity index (χ2v) is 3.40. The largest absolute Gasteiger partial charge is 0.444 e. The molecule has 0 heterocycles. The van der Waals surface area contributed by atoms with E-state index in [-0.39, 0.29) is 0 Å². The monoisotopic (exact) mass is 150 g/mol. The Labute approximate surface area is 52.7 Å². The first-order chi connectivity index (χ1) is 4.12. The van der Waals surface area contributed by atoms with Crippen LogP contribution in [0.1, 0.15) is 0 Å². The van der Waals surface area contributed by atoms with Crippen molar-refractivity contribution in [3.05, 3.63) is 5.53 Å². The van der Waals surface area contributed by atoms with Crippen molar-refractivity contribution in [3.8, 4) is 0 Å². The summed E-state index contributed by atoms with van der Waals surface area (Å²) in [7, 11) is -1.76. The minimum absolute atomic E-state index is 0.657. The summed E-state index contributed by atoms with van der Waals surface area (Å²) in [6.07, 6.45) is 0.657. The zero-order chi connectivity index (χ0) is 7.33. The highest BCUT2D eigenvalue weighted by atomic mass is 31.2. The van der Waals surface area contributed by atoms with Gasteiger partial charge in [0.05, 0.1) is 6.66 Å². The molecule has 0 aliphatic carbocycles. The molecule has 0 aromatic carbocycles. The minimum Gasteiger partial charge on any atom is -0.363 e. The highest BCUT2D eigenvalue weighted by Crippen LogP contribution is 2.41. The molecule has 0 amide bonds. The first-order valence-corrected chi connectivity index (χ1v) is 4.09. The number of hydrogen-bond donors (Lipinski definition) is 0. The third kappa shape index (κ3) is 3.91. The lowest BCUT2D eigenvalue weighted by Crippen LogP contribution is -1.87. The first-order valence-electron chi connectivity index (χ1n) is 2.10. The van der Waals surface area contributed by atoms with E-state index in [0.29, 0.717) is 6.40 Å². The Hall–Kier alpha value is -0.630. The van der Waals surface area contributed by atoms with Crippen LogP contribution in [0.4, 0.5) is 0 Å². The van der Waals surface area contributed by atoms with Crippen LogP contribution in [0.3, 0.4) is 0 Å². The molecule has 1 atom stereocenters. The molecule has 0 saturated carbocycles. The van der Waals surface area contributed by atoms with Crippen LogP contribution in [0.25, 0.3) is 5.53 Å². The summed E-state index contributed by atoms with van der Waals surface area (Å²) in [6.45, 7) is 1.26. The molecule has 0 fully saturated rings. The third-order valence-corrected chi connectivity index (χ3v) is 1.76. The van der Waals surface area contributed by atoms with Crippen LogP contribution in [0.2, 0.25) is 0 Å². The highest BCUT2D eigenvalue weighted by molar-refractivity contribution is 7.53. The summed E-state index contributed by atoms with van der Waals surface area (Å²) in [6, 6.07) is 0. The van der Waals surface area contributed by atoms with E-state index in [1.54, 1.807) is 0 Å². The molecular weight excluding hydrogens is 143 g/mol. The lowest BCUT2D eigenvalue weighted by Gasteiger charge is -2.02. The Morgan fingerprint density at radius 1 is 1.78 bits per heavy atom. The summed E-state index contributed by atoms with van der Waals surface area (Å²) >= 11 is 0. The van der Waals surface area contributed by atoms with Crippen LogP contribution in [-0.4, -0.2) is 25.0 Å². The summed E-state index contributed by atoms with van der Waals surface area (Å²) in [5.41, 5.74) is 7.79. The fourth-order valence-electron chi connectivity index (χ4n) is 0.150. The highest BCUT2D eigenvalue weighted by Gasteiger charge is 2.14. The molecule has 6 heteroatoms. The molecule has 0 rings (SSSR count). The molecule has 1 unspecified atom stereocenters. The summed E-state index contributed by atoms with van der Waals surface area (Å²) in [4.78, 5) is 2.47. The maximum absolute atomic E-state index is 10.7. The van der Waals surface area contributed by atoms with Crippen molar-refractivity contribution in [2.75, 3.05) is 13.8 Å². The molecule has 0 saturated heterocycles. The quantitative estimate of drug-likeness (QED) is 0.196. The molecule has 0 radical (unpaired) electrons. The Morgan fingerprint density at radius 2 is 2.33 bits per heavy atom. The Balaban J connectivity index is 3.87. The van der Waals surface area contributed by atoms with E-state index >= 15 is 0 Å². The van der Waals surface area contributed by atoms with Crippen molar-refractivity contribution in [2.45, 2.75) is 0 Å². The van der Waals surface area contributed by atoms with Gasteiger partial charge in [0, 0.05) is 7.11 Å². The van der Waals surface area contributed by atoms with Gasteiger partial charge in [-0.25, -0.2) is 4.57 Å². The van der Waals surface area contributed by atoms with Gasteiger partial charge in [-0.1, -0.05) is 0 Å². The summed E-state index contributed by atoms with van der Waals surface area (Å²) < 4.78 is 19.4. The molecule has 0 aromatic heterocycles. The lowest BCUT2D eigenvalue weighted by molar-refractivity contribution is -0.0159. The average Bonchev–Trinajstić information content (AvgIpc) is 1.84. The van der Waals surface area contributed by atoms with Crippen molar-refractivity contribution < 1.29 is 18.4 Å². The van der Waals surface area contributed by atoms with Crippen molar-refractivity contribution >= 4 is 14.0 Å². The normalized spacial score (nSPS) is 15.3. The zero-order valence-electron chi connectivity index (χ0n) is 5.14. The average molecular weight is 150 g/mol. The molecule has 0 aliphatic heterocycles.